The fourth-order valence-corrected chi connectivity index (χ4v) is 9.76. The smallest absolute Gasteiger partial charge is 0.392 e. The summed E-state index contributed by atoms with van der Waals surface area (Å²) in [6.07, 6.45) is -11.2. The molecule has 15 nitrogen and oxygen atoms in total. The van der Waals surface area contributed by atoms with Crippen LogP contribution in [0, 0.1) is 29.4 Å². The first-order valence-corrected chi connectivity index (χ1v) is 25.4. The van der Waals surface area contributed by atoms with Crippen LogP contribution in [0.15, 0.2) is 42.5 Å². The second-order valence-corrected chi connectivity index (χ2v) is 22.9. The minimum Gasteiger partial charge on any atom is -0.392 e. The molecule has 4 atom stereocenters. The van der Waals surface area contributed by atoms with E-state index < -0.39 is 161 Å². The maximum Gasteiger partial charge on any atom is 0.435 e. The highest BCUT2D eigenvalue weighted by Crippen LogP contribution is 2.68. The maximum atomic E-state index is 15.6. The Morgan fingerprint density at radius 3 is 2.17 bits per heavy atom. The summed E-state index contributed by atoms with van der Waals surface area (Å²) in [6, 6.07) is 3.36. The van der Waals surface area contributed by atoms with Crippen LogP contribution in [0.1, 0.15) is 73.1 Å². The van der Waals surface area contributed by atoms with Crippen LogP contribution in [0.4, 0.5) is 54.5 Å². The fraction of sp³-hybridized carbons (Fsp3) is 0.432. The summed E-state index contributed by atoms with van der Waals surface area (Å²) in [4.78, 5) is 33.2. The van der Waals surface area contributed by atoms with Crippen LogP contribution in [0.25, 0.3) is 22.0 Å². The number of likely N-dealkylation sites (N-methyl/N-ethyl adjacent to an activating group) is 1. The molecule has 3 heterocycles. The molecule has 0 radical (unpaired) electrons. The molecular formula is C44H41ClF10N8O7S2. The first kappa shape index (κ1) is 53.8. The largest absolute Gasteiger partial charge is 0.435 e. The van der Waals surface area contributed by atoms with Gasteiger partial charge in [-0.15, -0.1) is 0 Å². The number of amides is 3. The molecule has 0 unspecified atom stereocenters. The lowest BCUT2D eigenvalue weighted by molar-refractivity contribution is -0.143. The molecule has 7 rings (SSSR count). The molecule has 0 saturated heterocycles. The van der Waals surface area contributed by atoms with E-state index in [9.17, 15) is 66.7 Å². The molecule has 1 saturated carbocycles. The van der Waals surface area contributed by atoms with Gasteiger partial charge in [-0.05, 0) is 81.3 Å². The third-order valence-corrected chi connectivity index (χ3v) is 15.1. The van der Waals surface area contributed by atoms with E-state index in [2.05, 4.69) is 32.3 Å². The van der Waals surface area contributed by atoms with Gasteiger partial charge in [-0.2, -0.15) is 49.6 Å². The lowest BCUT2D eigenvalue weighted by Gasteiger charge is -2.26. The molecule has 1 fully saturated rings. The average Bonchev–Trinajstić information content (AvgIpc) is 3.73. The van der Waals surface area contributed by atoms with Gasteiger partial charge in [0.05, 0.1) is 40.0 Å². The first-order valence-electron chi connectivity index (χ1n) is 21.2. The third kappa shape index (κ3) is 10.7. The van der Waals surface area contributed by atoms with Crippen LogP contribution in [-0.4, -0.2) is 106 Å². The van der Waals surface area contributed by atoms with E-state index in [0.717, 1.165) is 54.6 Å². The highest BCUT2D eigenvalue weighted by molar-refractivity contribution is 7.93. The number of hydrogen-bond donors (Lipinski definition) is 2. The zero-order valence-electron chi connectivity index (χ0n) is 38.4. The van der Waals surface area contributed by atoms with Crippen molar-refractivity contribution in [3.8, 4) is 23.0 Å². The molecule has 2 N–H and O–H groups in total. The fourth-order valence-electron chi connectivity index (χ4n) is 8.42. The molecule has 0 aliphatic heterocycles. The molecule has 388 valence electrons. The summed E-state index contributed by atoms with van der Waals surface area (Å²) >= 11 is 6.64. The summed E-state index contributed by atoms with van der Waals surface area (Å²) in [6.45, 7) is -0.0342. The second-order valence-electron chi connectivity index (χ2n) is 18.1. The van der Waals surface area contributed by atoms with Crippen molar-refractivity contribution < 1.29 is 75.4 Å². The number of carbonyl (C=O) groups excluding carboxylic acids is 2. The average molecular weight is 1080 g/mol. The minimum absolute atomic E-state index is 0.0480. The van der Waals surface area contributed by atoms with Crippen molar-refractivity contribution in [2.75, 3.05) is 30.4 Å². The van der Waals surface area contributed by atoms with Crippen molar-refractivity contribution in [2.45, 2.75) is 87.8 Å². The van der Waals surface area contributed by atoms with Gasteiger partial charge in [0.1, 0.15) is 40.9 Å². The van der Waals surface area contributed by atoms with Crippen molar-refractivity contribution in [1.29, 1.82) is 0 Å². The summed E-state index contributed by atoms with van der Waals surface area (Å²) < 4.78 is 198. The number of sulfone groups is 1. The Morgan fingerprint density at radius 1 is 0.972 bits per heavy atom. The number of halogens is 11. The van der Waals surface area contributed by atoms with E-state index in [1.807, 2.05) is 0 Å². The minimum atomic E-state index is -5.22. The number of nitrogens with zero attached hydrogens (tertiary/aromatic N) is 7. The maximum absolute atomic E-state index is 15.6. The molecule has 2 aliphatic carbocycles. The van der Waals surface area contributed by atoms with Gasteiger partial charge in [0.25, 0.3) is 5.92 Å². The van der Waals surface area contributed by atoms with Gasteiger partial charge in [0.2, 0.25) is 15.9 Å². The van der Waals surface area contributed by atoms with Crippen molar-refractivity contribution in [3.05, 3.63) is 93.0 Å². The second kappa shape index (κ2) is 18.5. The van der Waals surface area contributed by atoms with Crippen LogP contribution >= 0.6 is 11.6 Å². The number of anilines is 1. The molecule has 0 spiro atoms. The molecule has 0 bridgehead atoms. The molecule has 3 amide bonds. The molecule has 28 heteroatoms. The van der Waals surface area contributed by atoms with Crippen molar-refractivity contribution >= 4 is 60.1 Å². The quantitative estimate of drug-likeness (QED) is 0.0883. The van der Waals surface area contributed by atoms with E-state index >= 15 is 8.78 Å². The number of carbonyl (C=O) groups is 2. The number of rotatable bonds is 13. The van der Waals surface area contributed by atoms with Gasteiger partial charge in [-0.25, -0.2) is 35.4 Å². The van der Waals surface area contributed by atoms with E-state index in [1.165, 1.54) is 20.8 Å². The number of urea groups is 1. The topological polar surface area (TPSA) is 190 Å². The Bertz CT molecular complexity index is 3310. The van der Waals surface area contributed by atoms with Gasteiger partial charge < -0.3 is 15.3 Å². The predicted molar refractivity (Wildman–Crippen MR) is 240 cm³/mol. The van der Waals surface area contributed by atoms with Gasteiger partial charge in [-0.3, -0.25) is 14.2 Å². The summed E-state index contributed by atoms with van der Waals surface area (Å²) in [5.74, 6) is -6.03. The highest BCUT2D eigenvalue weighted by Gasteiger charge is 2.68. The number of alkyl halides is 8. The Morgan fingerprint density at radius 2 is 1.60 bits per heavy atom. The van der Waals surface area contributed by atoms with E-state index in [0.29, 0.717) is 12.3 Å². The third-order valence-electron chi connectivity index (χ3n) is 11.9. The molecule has 2 aromatic carbocycles. The number of aliphatic hydroxyl groups is 1. The van der Waals surface area contributed by atoms with Crippen molar-refractivity contribution in [1.82, 2.24) is 34.8 Å². The summed E-state index contributed by atoms with van der Waals surface area (Å²) in [5, 5.41) is 18.6. The van der Waals surface area contributed by atoms with Gasteiger partial charge >= 0.3 is 18.4 Å². The number of pyridine rings is 1. The van der Waals surface area contributed by atoms with Gasteiger partial charge in [-0.1, -0.05) is 23.6 Å². The zero-order chi connectivity index (χ0) is 53.6. The van der Waals surface area contributed by atoms with Crippen LogP contribution in [0.2, 0.25) is 5.02 Å². The van der Waals surface area contributed by atoms with Crippen molar-refractivity contribution in [2.24, 2.45) is 5.92 Å². The lowest BCUT2D eigenvalue weighted by Crippen LogP contribution is -2.46. The van der Waals surface area contributed by atoms with Crippen LogP contribution in [0.3, 0.4) is 0 Å². The SMILES string of the molecule is C[C@@H](O)CN(C)C(=O)N(c1nn(CC(F)(F)F)c2c(-c3ccc(C#CC(C)(C)S(C)(=O)=O)nc3[C@H](Cc3cc(F)cc(F)c3)NC(=O)Cn3nc(C(F)(F)F)c4c3C(F)(F)[C@@H]3C[C@H]43)ccc(Cl)c12)S(C)(=O)=O. The Labute approximate surface area is 409 Å². The summed E-state index contributed by atoms with van der Waals surface area (Å²) in [7, 11) is -7.65. The van der Waals surface area contributed by atoms with Crippen LogP contribution in [-0.2, 0) is 56.3 Å². The normalized spacial score (nSPS) is 17.4. The number of nitrogens with one attached hydrogen (secondary N) is 1. The molecule has 72 heavy (non-hydrogen) atoms. The van der Waals surface area contributed by atoms with E-state index in [4.69, 9.17) is 11.6 Å². The number of benzene rings is 2. The van der Waals surface area contributed by atoms with Gasteiger partial charge in [0.15, 0.2) is 21.3 Å². The number of aromatic nitrogens is 5. The monoisotopic (exact) mass is 1080 g/mol. The van der Waals surface area contributed by atoms with Gasteiger partial charge in [0, 0.05) is 48.5 Å². The number of hydrogen-bond acceptors (Lipinski definition) is 10. The zero-order valence-corrected chi connectivity index (χ0v) is 40.8. The van der Waals surface area contributed by atoms with Crippen LogP contribution in [0.5, 0.6) is 0 Å². The molecule has 3 aromatic heterocycles. The Kier molecular flexibility index (Phi) is 13.8. The number of fused-ring (bicyclic) bond motifs is 4. The standard InChI is InChI=1S/C44H41ClF10N8O7S2/c1-21(64)18-60(4)40(66)63(72(6,69)70)39-34-30(45)10-9-27(36(34)62(59-39)20-42(48,49)50)26-8-7-25(11-12-41(2,3)71(5,67)68)56-35(26)31(15-22-13-23(46)16-24(47)14-22)57-32(65)19-61-38-33(37(58-61)44(53,54)55)28-17-29(28)43(38,51)52/h7-10,13-14,16,21,28-29,31,64H,15,17-20H2,1-6H3,(H,57,65)/t21-,28+,29-,31+/m1/s1. The highest BCUT2D eigenvalue weighted by atomic mass is 35.5. The molecule has 5 aromatic rings. The summed E-state index contributed by atoms with van der Waals surface area (Å²) in [5.41, 5.74) is -5.91. The lowest BCUT2D eigenvalue weighted by atomic mass is 9.93. The van der Waals surface area contributed by atoms with Crippen molar-refractivity contribution in [3.63, 3.8) is 0 Å². The number of aliphatic hydroxyl groups excluding tert-OH is 1. The predicted octanol–water partition coefficient (Wildman–Crippen LogP) is 7.49. The Balaban J connectivity index is 1.49. The van der Waals surface area contributed by atoms with E-state index in [-0.39, 0.29) is 42.5 Å². The van der Waals surface area contributed by atoms with Crippen LogP contribution < -0.4 is 9.62 Å². The number of sulfonamides is 1. The van der Waals surface area contributed by atoms with E-state index in [1.54, 1.807) is 0 Å². The Hall–Kier alpha value is -5.98. The molecular weight excluding hydrogens is 1040 g/mol. The molecule has 2 aliphatic rings. The first-order chi connectivity index (χ1) is 33.0.